The number of anilines is 1. The van der Waals surface area contributed by atoms with Crippen molar-refractivity contribution in [1.82, 2.24) is 0 Å². The van der Waals surface area contributed by atoms with Crippen LogP contribution in [0, 0.1) is 0 Å². The number of benzene rings is 3. The normalized spacial score (nSPS) is 26.7. The van der Waals surface area contributed by atoms with E-state index in [0.29, 0.717) is 0 Å². The van der Waals surface area contributed by atoms with E-state index in [1.807, 2.05) is 0 Å². The van der Waals surface area contributed by atoms with E-state index in [1.165, 1.54) is 36.4 Å². The van der Waals surface area contributed by atoms with Crippen LogP contribution in [0.25, 0.3) is 0 Å². The molecular formula is C32H33ClN2O11. The van der Waals surface area contributed by atoms with Crippen LogP contribution >= 0.6 is 12.4 Å². The Hall–Kier alpha value is -4.24. The minimum Gasteiger partial charge on any atom is -0.508 e. The van der Waals surface area contributed by atoms with Crippen molar-refractivity contribution >= 4 is 35.8 Å². The van der Waals surface area contributed by atoms with Crippen LogP contribution in [0.1, 0.15) is 68.8 Å². The van der Waals surface area contributed by atoms with E-state index < -0.39 is 84.0 Å². The zero-order valence-corrected chi connectivity index (χ0v) is 25.3. The fraction of sp³-hybridized carbons (Fsp3) is 0.344. The molecular weight excluding hydrogens is 624 g/mol. The van der Waals surface area contributed by atoms with Gasteiger partial charge < -0.3 is 45.5 Å². The Kier molecular flexibility index (Phi) is 9.01. The maximum atomic E-state index is 13.5. The lowest BCUT2D eigenvalue weighted by atomic mass is 9.73. The molecule has 1 aliphatic heterocycles. The van der Waals surface area contributed by atoms with E-state index in [0.717, 1.165) is 0 Å². The molecule has 1 saturated heterocycles. The van der Waals surface area contributed by atoms with Crippen LogP contribution in [-0.2, 0) is 20.6 Å². The number of ether oxygens (including phenoxy) is 3. The summed E-state index contributed by atoms with van der Waals surface area (Å²) in [6.45, 7) is 0.996. The molecule has 0 bridgehead atoms. The number of aliphatic hydroxyl groups is 2. The molecule has 2 aliphatic carbocycles. The Morgan fingerprint density at radius 1 is 1.04 bits per heavy atom. The summed E-state index contributed by atoms with van der Waals surface area (Å²) < 4.78 is 17.3. The maximum absolute atomic E-state index is 13.5. The van der Waals surface area contributed by atoms with Crippen molar-refractivity contribution in [2.45, 2.75) is 62.4 Å². The topological polar surface area (TPSA) is 218 Å². The highest BCUT2D eigenvalue weighted by atomic mass is 35.5. The number of halogens is 1. The van der Waals surface area contributed by atoms with Crippen molar-refractivity contribution in [1.29, 1.82) is 0 Å². The van der Waals surface area contributed by atoms with Gasteiger partial charge in [0.2, 0.25) is 0 Å². The first-order valence-corrected chi connectivity index (χ1v) is 14.4. The van der Waals surface area contributed by atoms with Crippen molar-refractivity contribution in [3.8, 4) is 17.2 Å². The molecule has 0 aromatic heterocycles. The second-order valence-corrected chi connectivity index (χ2v) is 11.7. The SMILES string of the molecule is C[C@H]1O[C@@H](O[C@H]2CC(O)(COC(=O)Nc3cccc(O)c3)Cc3c(O)c4c(c(O)c32)C(=O)c2ccccc2C4=O)C[C@H](N)[C@H]1O.Cl. The molecule has 6 atom stereocenters. The largest absolute Gasteiger partial charge is 0.508 e. The molecule has 1 amide bonds. The number of phenolic OH excluding ortho intramolecular Hbond substituents is 3. The second-order valence-electron chi connectivity index (χ2n) is 11.7. The zero-order valence-electron chi connectivity index (χ0n) is 24.5. The number of hydrogen-bond donors (Lipinski definition) is 7. The molecule has 6 rings (SSSR count). The van der Waals surface area contributed by atoms with Crippen LogP contribution in [0.2, 0.25) is 0 Å². The maximum Gasteiger partial charge on any atom is 0.411 e. The van der Waals surface area contributed by atoms with Gasteiger partial charge in [-0.25, -0.2) is 4.79 Å². The number of amides is 1. The van der Waals surface area contributed by atoms with Crippen LogP contribution in [0.5, 0.6) is 17.2 Å². The van der Waals surface area contributed by atoms with Gasteiger partial charge in [-0.2, -0.15) is 0 Å². The number of ketones is 2. The van der Waals surface area contributed by atoms with E-state index in [-0.39, 0.29) is 64.5 Å². The molecule has 0 saturated carbocycles. The fourth-order valence-corrected chi connectivity index (χ4v) is 6.28. The van der Waals surface area contributed by atoms with Gasteiger partial charge in [0.1, 0.15) is 29.5 Å². The first-order valence-electron chi connectivity index (χ1n) is 14.4. The highest BCUT2D eigenvalue weighted by molar-refractivity contribution is 6.30. The number of aliphatic hydroxyl groups excluding tert-OH is 1. The third kappa shape index (κ3) is 5.88. The van der Waals surface area contributed by atoms with E-state index in [9.17, 15) is 39.9 Å². The number of phenols is 3. The smallest absolute Gasteiger partial charge is 0.411 e. The summed E-state index contributed by atoms with van der Waals surface area (Å²) in [4.78, 5) is 39.6. The van der Waals surface area contributed by atoms with Crippen molar-refractivity contribution in [3.63, 3.8) is 0 Å². The molecule has 1 heterocycles. The van der Waals surface area contributed by atoms with Gasteiger partial charge in [-0.3, -0.25) is 14.9 Å². The molecule has 13 nitrogen and oxygen atoms in total. The van der Waals surface area contributed by atoms with Crippen LogP contribution in [0.4, 0.5) is 10.5 Å². The average Bonchev–Trinajstić information content (AvgIpc) is 2.99. The Bertz CT molecular complexity index is 1700. The summed E-state index contributed by atoms with van der Waals surface area (Å²) in [6.07, 6.45) is -5.54. The number of fused-ring (bicyclic) bond motifs is 3. The predicted octanol–water partition coefficient (Wildman–Crippen LogP) is 2.81. The lowest BCUT2D eigenvalue weighted by molar-refractivity contribution is -0.248. The van der Waals surface area contributed by atoms with Gasteiger partial charge in [0.25, 0.3) is 0 Å². The highest BCUT2D eigenvalue weighted by Crippen LogP contribution is 2.52. The third-order valence-electron chi connectivity index (χ3n) is 8.48. The number of nitrogens with two attached hydrogens (primary N) is 1. The minimum absolute atomic E-state index is 0. The Balaban J connectivity index is 0.00000417. The number of rotatable bonds is 5. The van der Waals surface area contributed by atoms with Gasteiger partial charge in [0, 0.05) is 59.3 Å². The summed E-state index contributed by atoms with van der Waals surface area (Å²) >= 11 is 0. The first-order chi connectivity index (χ1) is 21.4. The van der Waals surface area contributed by atoms with E-state index >= 15 is 0 Å². The predicted molar refractivity (Wildman–Crippen MR) is 163 cm³/mol. The molecule has 1 unspecified atom stereocenters. The van der Waals surface area contributed by atoms with Gasteiger partial charge in [-0.05, 0) is 19.1 Å². The lowest BCUT2D eigenvalue weighted by Crippen LogP contribution is -2.52. The van der Waals surface area contributed by atoms with Crippen molar-refractivity contribution < 1.29 is 54.1 Å². The van der Waals surface area contributed by atoms with Gasteiger partial charge in [-0.1, -0.05) is 30.3 Å². The standard InChI is InChI=1S/C32H32N2O11.ClH/c1-14-26(36)20(33)10-22(44-14)45-21-12-32(42,13-43-31(41)34-15-5-4-6-16(35)9-15)11-19-23(21)30(40)25-24(29(19)39)27(37)17-7-2-3-8-18(17)28(25)38;/h2-9,14,20-22,26,35-36,39-40,42H,10-13,33H2,1H3,(H,34,41);1H/t14-,20+,21+,22+,26+,32?;/m1./s1. The van der Waals surface area contributed by atoms with Crippen LogP contribution in [0.15, 0.2) is 48.5 Å². The molecule has 0 radical (unpaired) electrons. The summed E-state index contributed by atoms with van der Waals surface area (Å²) in [5.74, 6) is -2.65. The number of nitrogens with one attached hydrogen (secondary N) is 1. The van der Waals surface area contributed by atoms with E-state index in [1.54, 1.807) is 19.1 Å². The monoisotopic (exact) mass is 656 g/mol. The molecule has 244 valence electrons. The highest BCUT2D eigenvalue weighted by Gasteiger charge is 2.48. The second kappa shape index (κ2) is 12.5. The van der Waals surface area contributed by atoms with Crippen molar-refractivity contribution in [3.05, 3.63) is 81.9 Å². The summed E-state index contributed by atoms with van der Waals surface area (Å²) in [5.41, 5.74) is 3.63. The quantitative estimate of drug-likeness (QED) is 0.154. The lowest BCUT2D eigenvalue weighted by Gasteiger charge is -2.42. The number of hydrogen-bond acceptors (Lipinski definition) is 12. The number of carbonyl (C=O) groups is 3. The Morgan fingerprint density at radius 3 is 2.33 bits per heavy atom. The molecule has 14 heteroatoms. The van der Waals surface area contributed by atoms with Gasteiger partial charge in [0.15, 0.2) is 17.9 Å². The summed E-state index contributed by atoms with van der Waals surface area (Å²) in [7, 11) is 0. The third-order valence-corrected chi connectivity index (χ3v) is 8.48. The molecule has 8 N–H and O–H groups in total. The van der Waals surface area contributed by atoms with Crippen LogP contribution < -0.4 is 11.1 Å². The fourth-order valence-electron chi connectivity index (χ4n) is 6.28. The first kappa shape index (κ1) is 33.1. The van der Waals surface area contributed by atoms with Crippen molar-refractivity contribution in [2.24, 2.45) is 5.73 Å². The Labute approximate surface area is 268 Å². The van der Waals surface area contributed by atoms with E-state index in [2.05, 4.69) is 5.32 Å². The van der Waals surface area contributed by atoms with Crippen molar-refractivity contribution in [2.75, 3.05) is 11.9 Å². The molecule has 3 aromatic rings. The number of carbonyl (C=O) groups excluding carboxylic acids is 3. The molecule has 1 fully saturated rings. The Morgan fingerprint density at radius 2 is 1.70 bits per heavy atom. The van der Waals surface area contributed by atoms with Crippen LogP contribution in [0.3, 0.4) is 0 Å². The number of aromatic hydroxyl groups is 3. The molecule has 46 heavy (non-hydrogen) atoms. The van der Waals surface area contributed by atoms with Gasteiger partial charge in [-0.15, -0.1) is 12.4 Å². The summed E-state index contributed by atoms with van der Waals surface area (Å²) in [6, 6.07) is 11.1. The van der Waals surface area contributed by atoms with E-state index in [4.69, 9.17) is 19.9 Å². The zero-order chi connectivity index (χ0) is 32.2. The molecule has 3 aliphatic rings. The van der Waals surface area contributed by atoms with Gasteiger partial charge >= 0.3 is 6.09 Å². The average molecular weight is 657 g/mol. The molecule has 0 spiro atoms. The summed E-state index contributed by atoms with van der Waals surface area (Å²) in [5, 5.41) is 57.2. The minimum atomic E-state index is -1.90. The van der Waals surface area contributed by atoms with Gasteiger partial charge in [0.05, 0.1) is 29.4 Å². The van der Waals surface area contributed by atoms with Crippen LogP contribution in [-0.4, -0.2) is 79.9 Å². The molecule has 3 aromatic carbocycles.